The van der Waals surface area contributed by atoms with E-state index in [1.807, 2.05) is 46.8 Å². The molecular formula is C15H21BrN2O2. The second-order valence-electron chi connectivity index (χ2n) is 5.66. The number of rotatable bonds is 2. The zero-order chi connectivity index (χ0) is 15.5. The number of halogens is 1. The molecule has 0 aliphatic rings. The molecule has 4 nitrogen and oxygen atoms in total. The molecule has 0 saturated heterocycles. The number of hydrogen-bond donors (Lipinski definition) is 1. The number of carbonyl (C=O) groups is 2. The SMILES string of the molecule is CCN(C(=O)C(=O)Nc1ccc(C)cc1Br)C(C)(C)C. The molecule has 0 bridgehead atoms. The van der Waals surface area contributed by atoms with E-state index in [2.05, 4.69) is 21.2 Å². The molecule has 0 aliphatic carbocycles. The number of nitrogens with zero attached hydrogens (tertiary/aromatic N) is 1. The maximum Gasteiger partial charge on any atom is 0.313 e. The summed E-state index contributed by atoms with van der Waals surface area (Å²) in [7, 11) is 0. The van der Waals surface area contributed by atoms with Gasteiger partial charge in [-0.2, -0.15) is 0 Å². The Morgan fingerprint density at radius 3 is 2.35 bits per heavy atom. The third-order valence-electron chi connectivity index (χ3n) is 2.94. The van der Waals surface area contributed by atoms with Crippen LogP contribution < -0.4 is 5.32 Å². The van der Waals surface area contributed by atoms with Gasteiger partial charge >= 0.3 is 11.8 Å². The summed E-state index contributed by atoms with van der Waals surface area (Å²) in [5.74, 6) is -1.14. The first-order valence-electron chi connectivity index (χ1n) is 6.56. The first-order valence-corrected chi connectivity index (χ1v) is 7.35. The van der Waals surface area contributed by atoms with Crippen molar-refractivity contribution in [2.24, 2.45) is 0 Å². The second-order valence-corrected chi connectivity index (χ2v) is 6.51. The van der Waals surface area contributed by atoms with Gasteiger partial charge in [-0.15, -0.1) is 0 Å². The molecule has 1 aromatic carbocycles. The predicted octanol–water partition coefficient (Wildman–Crippen LogP) is 3.34. The normalized spacial score (nSPS) is 11.1. The van der Waals surface area contributed by atoms with Gasteiger partial charge in [0.15, 0.2) is 0 Å². The molecule has 1 rings (SSSR count). The number of anilines is 1. The molecule has 110 valence electrons. The molecule has 0 unspecified atom stereocenters. The number of aryl methyl sites for hydroxylation is 1. The lowest BCUT2D eigenvalue weighted by molar-refractivity contribution is -0.146. The van der Waals surface area contributed by atoms with Gasteiger partial charge < -0.3 is 10.2 Å². The van der Waals surface area contributed by atoms with Gasteiger partial charge in [-0.1, -0.05) is 6.07 Å². The standard InChI is InChI=1S/C15H21BrN2O2/c1-6-18(15(3,4)5)14(20)13(19)17-12-8-7-10(2)9-11(12)16/h7-9H,6H2,1-5H3,(H,17,19). The molecule has 0 fully saturated rings. The number of likely N-dealkylation sites (N-methyl/N-ethyl adjacent to an activating group) is 1. The van der Waals surface area contributed by atoms with Gasteiger partial charge in [-0.05, 0) is 68.2 Å². The van der Waals surface area contributed by atoms with Crippen molar-refractivity contribution in [2.75, 3.05) is 11.9 Å². The second kappa shape index (κ2) is 6.39. The van der Waals surface area contributed by atoms with Gasteiger partial charge in [0.1, 0.15) is 0 Å². The maximum absolute atomic E-state index is 12.2. The van der Waals surface area contributed by atoms with Gasteiger partial charge in [-0.25, -0.2) is 0 Å². The average molecular weight is 341 g/mol. The van der Waals surface area contributed by atoms with Crippen LogP contribution >= 0.6 is 15.9 Å². The summed E-state index contributed by atoms with van der Waals surface area (Å²) in [6.07, 6.45) is 0. The van der Waals surface area contributed by atoms with Gasteiger partial charge in [0, 0.05) is 16.6 Å². The highest BCUT2D eigenvalue weighted by atomic mass is 79.9. The van der Waals surface area contributed by atoms with Crippen LogP contribution in [0.2, 0.25) is 0 Å². The monoisotopic (exact) mass is 340 g/mol. The Labute approximate surface area is 128 Å². The van der Waals surface area contributed by atoms with Crippen LogP contribution in [-0.2, 0) is 9.59 Å². The largest absolute Gasteiger partial charge is 0.330 e. The van der Waals surface area contributed by atoms with E-state index in [-0.39, 0.29) is 5.54 Å². The molecule has 20 heavy (non-hydrogen) atoms. The molecule has 0 aliphatic heterocycles. The van der Waals surface area contributed by atoms with Crippen LogP contribution in [0.15, 0.2) is 22.7 Å². The van der Waals surface area contributed by atoms with Crippen molar-refractivity contribution in [3.05, 3.63) is 28.2 Å². The Balaban J connectivity index is 2.88. The van der Waals surface area contributed by atoms with Crippen molar-refractivity contribution in [1.29, 1.82) is 0 Å². The number of carbonyl (C=O) groups excluding carboxylic acids is 2. The van der Waals surface area contributed by atoms with Crippen molar-refractivity contribution in [1.82, 2.24) is 4.90 Å². The Bertz CT molecular complexity index is 521. The first-order chi connectivity index (χ1) is 9.16. The fraction of sp³-hybridized carbons (Fsp3) is 0.467. The molecule has 0 radical (unpaired) electrons. The van der Waals surface area contributed by atoms with Crippen LogP contribution in [0.1, 0.15) is 33.3 Å². The minimum absolute atomic E-state index is 0.381. The zero-order valence-corrected chi connectivity index (χ0v) is 14.2. The quantitative estimate of drug-likeness (QED) is 0.839. The van der Waals surface area contributed by atoms with E-state index >= 15 is 0 Å². The lowest BCUT2D eigenvalue weighted by Crippen LogP contribution is -2.49. The van der Waals surface area contributed by atoms with E-state index in [1.165, 1.54) is 0 Å². The number of nitrogens with one attached hydrogen (secondary N) is 1. The minimum Gasteiger partial charge on any atom is -0.330 e. The van der Waals surface area contributed by atoms with E-state index in [9.17, 15) is 9.59 Å². The highest BCUT2D eigenvalue weighted by molar-refractivity contribution is 9.10. The summed E-state index contributed by atoms with van der Waals surface area (Å²) in [5.41, 5.74) is 1.29. The molecular weight excluding hydrogens is 320 g/mol. The summed E-state index contributed by atoms with van der Waals surface area (Å²) < 4.78 is 0.762. The Morgan fingerprint density at radius 1 is 1.30 bits per heavy atom. The summed E-state index contributed by atoms with van der Waals surface area (Å²) in [6.45, 7) is 10.0. The van der Waals surface area contributed by atoms with Crippen LogP contribution in [0, 0.1) is 6.92 Å². The zero-order valence-electron chi connectivity index (χ0n) is 12.6. The van der Waals surface area contributed by atoms with Crippen LogP contribution in [0.5, 0.6) is 0 Å². The number of benzene rings is 1. The topological polar surface area (TPSA) is 49.4 Å². The van der Waals surface area contributed by atoms with Gasteiger partial charge in [0.25, 0.3) is 0 Å². The molecule has 0 spiro atoms. The van der Waals surface area contributed by atoms with Crippen LogP contribution in [-0.4, -0.2) is 28.8 Å². The summed E-state index contributed by atoms with van der Waals surface area (Å²) in [5, 5.41) is 2.65. The lowest BCUT2D eigenvalue weighted by Gasteiger charge is -2.34. The first kappa shape index (κ1) is 16.7. The summed E-state index contributed by atoms with van der Waals surface area (Å²) >= 11 is 3.38. The summed E-state index contributed by atoms with van der Waals surface area (Å²) in [4.78, 5) is 25.8. The van der Waals surface area contributed by atoms with Crippen molar-refractivity contribution in [3.63, 3.8) is 0 Å². The van der Waals surface area contributed by atoms with E-state index in [0.717, 1.165) is 10.0 Å². The van der Waals surface area contributed by atoms with Gasteiger partial charge in [0.05, 0.1) is 5.69 Å². The molecule has 0 atom stereocenters. The van der Waals surface area contributed by atoms with Crippen molar-refractivity contribution < 1.29 is 9.59 Å². The van der Waals surface area contributed by atoms with Gasteiger partial charge in [-0.3, -0.25) is 9.59 Å². The lowest BCUT2D eigenvalue weighted by atomic mass is 10.1. The van der Waals surface area contributed by atoms with Crippen LogP contribution in [0.4, 0.5) is 5.69 Å². The third-order valence-corrected chi connectivity index (χ3v) is 3.59. The van der Waals surface area contributed by atoms with E-state index in [0.29, 0.717) is 12.2 Å². The van der Waals surface area contributed by atoms with E-state index < -0.39 is 11.8 Å². The van der Waals surface area contributed by atoms with Crippen molar-refractivity contribution in [2.45, 2.75) is 40.2 Å². The molecule has 1 aromatic rings. The number of amides is 2. The highest BCUT2D eigenvalue weighted by Crippen LogP contribution is 2.23. The average Bonchev–Trinajstić information content (AvgIpc) is 2.31. The molecule has 2 amide bonds. The van der Waals surface area contributed by atoms with Crippen molar-refractivity contribution in [3.8, 4) is 0 Å². The third kappa shape index (κ3) is 4.07. The maximum atomic E-state index is 12.2. The minimum atomic E-state index is -0.619. The van der Waals surface area contributed by atoms with Crippen LogP contribution in [0.3, 0.4) is 0 Å². The molecule has 0 aromatic heterocycles. The van der Waals surface area contributed by atoms with E-state index in [4.69, 9.17) is 0 Å². The Morgan fingerprint density at radius 2 is 1.90 bits per heavy atom. The van der Waals surface area contributed by atoms with E-state index in [1.54, 1.807) is 11.0 Å². The molecule has 0 heterocycles. The summed E-state index contributed by atoms with van der Waals surface area (Å²) in [6, 6.07) is 5.55. The molecule has 1 N–H and O–H groups in total. The molecule has 0 saturated carbocycles. The fourth-order valence-electron chi connectivity index (χ4n) is 1.94. The highest BCUT2D eigenvalue weighted by Gasteiger charge is 2.29. The van der Waals surface area contributed by atoms with Gasteiger partial charge in [0.2, 0.25) is 0 Å². The Hall–Kier alpha value is -1.36. The predicted molar refractivity (Wildman–Crippen MR) is 84.6 cm³/mol. The smallest absolute Gasteiger partial charge is 0.313 e. The Kier molecular flexibility index (Phi) is 5.34. The fourth-order valence-corrected chi connectivity index (χ4v) is 2.53. The van der Waals surface area contributed by atoms with Crippen LogP contribution in [0.25, 0.3) is 0 Å². The van der Waals surface area contributed by atoms with Crippen molar-refractivity contribution >= 4 is 33.4 Å². The molecule has 5 heteroatoms. The number of hydrogen-bond acceptors (Lipinski definition) is 2.